The van der Waals surface area contributed by atoms with Crippen LogP contribution in [-0.4, -0.2) is 0 Å². The lowest BCUT2D eigenvalue weighted by Crippen LogP contribution is -2.16. The molecule has 0 bridgehead atoms. The van der Waals surface area contributed by atoms with Crippen LogP contribution in [0.1, 0.15) is 58.2 Å². The summed E-state index contributed by atoms with van der Waals surface area (Å²) >= 11 is 0. The summed E-state index contributed by atoms with van der Waals surface area (Å²) in [5.74, 6) is 2.37. The van der Waals surface area contributed by atoms with Crippen LogP contribution in [0.4, 0.5) is 0 Å². The monoisotopic (exact) mass is 358 g/mol. The first-order valence-corrected chi connectivity index (χ1v) is 9.73. The van der Waals surface area contributed by atoms with Crippen molar-refractivity contribution in [2.45, 2.75) is 59.3 Å². The van der Waals surface area contributed by atoms with Gasteiger partial charge in [-0.05, 0) is 41.5 Å². The van der Waals surface area contributed by atoms with E-state index in [2.05, 4.69) is 60.6 Å². The fourth-order valence-corrected chi connectivity index (χ4v) is 3.69. The third-order valence-electron chi connectivity index (χ3n) is 4.27. The van der Waals surface area contributed by atoms with Crippen molar-refractivity contribution in [2.24, 2.45) is 0 Å². The van der Waals surface area contributed by atoms with Crippen LogP contribution in [0, 0.1) is 6.92 Å². The fourth-order valence-electron chi connectivity index (χ4n) is 2.65. The van der Waals surface area contributed by atoms with Crippen LogP contribution < -0.4 is 13.6 Å². The Morgan fingerprint density at radius 3 is 2.04 bits per heavy atom. The molecule has 1 unspecified atom stereocenters. The highest BCUT2D eigenvalue weighted by Gasteiger charge is 2.36. The predicted octanol–water partition coefficient (Wildman–Crippen LogP) is 6.67. The first-order valence-electron chi connectivity index (χ1n) is 8.64. The second kappa shape index (κ2) is 6.21. The highest BCUT2D eigenvalue weighted by molar-refractivity contribution is 7.43. The van der Waals surface area contributed by atoms with Gasteiger partial charge >= 0.3 is 8.60 Å². The van der Waals surface area contributed by atoms with Gasteiger partial charge in [-0.15, -0.1) is 0 Å². The maximum atomic E-state index is 6.09. The predicted molar refractivity (Wildman–Crippen MR) is 104 cm³/mol. The minimum absolute atomic E-state index is 0.0378. The molecule has 1 heterocycles. The van der Waals surface area contributed by atoms with Crippen molar-refractivity contribution < 1.29 is 13.6 Å². The summed E-state index contributed by atoms with van der Waals surface area (Å²) in [6.07, 6.45) is 0. The molecule has 3 rings (SSSR count). The second-order valence-corrected chi connectivity index (χ2v) is 9.66. The van der Waals surface area contributed by atoms with Crippen molar-refractivity contribution in [1.82, 2.24) is 0 Å². The van der Waals surface area contributed by atoms with Crippen LogP contribution in [0.3, 0.4) is 0 Å². The molecule has 25 heavy (non-hydrogen) atoms. The third-order valence-corrected chi connectivity index (χ3v) is 5.31. The topological polar surface area (TPSA) is 27.7 Å². The Balaban J connectivity index is 1.92. The normalized spacial score (nSPS) is 16.8. The van der Waals surface area contributed by atoms with E-state index < -0.39 is 8.60 Å². The third kappa shape index (κ3) is 3.93. The van der Waals surface area contributed by atoms with Gasteiger partial charge in [-0.3, -0.25) is 0 Å². The summed E-state index contributed by atoms with van der Waals surface area (Å²) in [4.78, 5) is 0. The summed E-state index contributed by atoms with van der Waals surface area (Å²) < 4.78 is 18.0. The van der Waals surface area contributed by atoms with E-state index in [0.717, 1.165) is 22.8 Å². The first kappa shape index (κ1) is 18.1. The zero-order valence-electron chi connectivity index (χ0n) is 16.1. The molecule has 2 aromatic carbocycles. The zero-order chi connectivity index (χ0) is 18.4. The zero-order valence-corrected chi connectivity index (χ0v) is 17.0. The van der Waals surface area contributed by atoms with Crippen LogP contribution in [-0.2, 0) is 10.8 Å². The van der Waals surface area contributed by atoms with Crippen LogP contribution in [0.25, 0.3) is 0 Å². The molecule has 134 valence electrons. The summed E-state index contributed by atoms with van der Waals surface area (Å²) in [7, 11) is -1.47. The van der Waals surface area contributed by atoms with Crippen molar-refractivity contribution in [1.29, 1.82) is 0 Å². The number of rotatable bonds is 2. The van der Waals surface area contributed by atoms with E-state index in [4.69, 9.17) is 13.6 Å². The number of benzene rings is 2. The Bertz CT molecular complexity index is 767. The number of hydrogen-bond donors (Lipinski definition) is 0. The van der Waals surface area contributed by atoms with Crippen molar-refractivity contribution in [3.8, 4) is 17.2 Å². The molecule has 0 fully saturated rings. The number of hydrogen-bond acceptors (Lipinski definition) is 3. The van der Waals surface area contributed by atoms with E-state index >= 15 is 0 Å². The minimum Gasteiger partial charge on any atom is -0.409 e. The summed E-state index contributed by atoms with van der Waals surface area (Å²) in [5.41, 5.74) is 3.60. The van der Waals surface area contributed by atoms with E-state index in [1.165, 1.54) is 11.1 Å². The largest absolute Gasteiger partial charge is 0.530 e. The van der Waals surface area contributed by atoms with Gasteiger partial charge in [0.15, 0.2) is 11.5 Å². The van der Waals surface area contributed by atoms with Crippen molar-refractivity contribution >= 4 is 8.60 Å². The lowest BCUT2D eigenvalue weighted by Gasteiger charge is -2.25. The molecule has 1 atom stereocenters. The smallest absolute Gasteiger partial charge is 0.409 e. The van der Waals surface area contributed by atoms with Crippen molar-refractivity contribution in [3.05, 3.63) is 53.1 Å². The SMILES string of the molecule is Cc1ccc(OP2Oc3cc(C(C)(C)C)cc(C(C)(C)C)c3O2)cc1. The van der Waals surface area contributed by atoms with Gasteiger partial charge in [0.1, 0.15) is 5.75 Å². The Morgan fingerprint density at radius 2 is 1.48 bits per heavy atom. The molecule has 4 heteroatoms. The van der Waals surface area contributed by atoms with Crippen LogP contribution in [0.15, 0.2) is 36.4 Å². The lowest BCUT2D eigenvalue weighted by molar-refractivity contribution is 0.431. The molecule has 0 spiro atoms. The molecule has 0 N–H and O–H groups in total. The van der Waals surface area contributed by atoms with Gasteiger partial charge in [0.25, 0.3) is 0 Å². The standard InChI is InChI=1S/C21H27O3P/c1-14-8-10-16(11-9-14)22-25-23-18-13-15(20(2,3)4)12-17(19(18)24-25)21(5,6)7/h8-13H,1-7H3. The van der Waals surface area contributed by atoms with Crippen LogP contribution in [0.5, 0.6) is 17.2 Å². The van der Waals surface area contributed by atoms with Gasteiger partial charge in [-0.2, -0.15) is 0 Å². The molecular formula is C21H27O3P. The van der Waals surface area contributed by atoms with E-state index in [-0.39, 0.29) is 10.8 Å². The minimum atomic E-state index is -1.47. The van der Waals surface area contributed by atoms with Gasteiger partial charge in [0.05, 0.1) is 0 Å². The van der Waals surface area contributed by atoms with E-state index in [1.54, 1.807) is 0 Å². The maximum absolute atomic E-state index is 6.09. The van der Waals surface area contributed by atoms with Gasteiger partial charge in [0.2, 0.25) is 0 Å². The van der Waals surface area contributed by atoms with Gasteiger partial charge in [-0.25, -0.2) is 0 Å². The quantitative estimate of drug-likeness (QED) is 0.561. The molecule has 0 aliphatic carbocycles. The molecule has 0 saturated heterocycles. The summed E-state index contributed by atoms with van der Waals surface area (Å²) in [6.45, 7) is 15.3. The van der Waals surface area contributed by atoms with Crippen LogP contribution in [0.2, 0.25) is 0 Å². The number of fused-ring (bicyclic) bond motifs is 1. The van der Waals surface area contributed by atoms with E-state index in [9.17, 15) is 0 Å². The van der Waals surface area contributed by atoms with Gasteiger partial charge < -0.3 is 13.6 Å². The van der Waals surface area contributed by atoms with Gasteiger partial charge in [0, 0.05) is 5.56 Å². The maximum Gasteiger partial charge on any atom is 0.530 e. The van der Waals surface area contributed by atoms with Crippen molar-refractivity contribution in [3.63, 3.8) is 0 Å². The van der Waals surface area contributed by atoms with E-state index in [1.807, 2.05) is 24.3 Å². The van der Waals surface area contributed by atoms with E-state index in [0.29, 0.717) is 0 Å². The number of aryl methyl sites for hydroxylation is 1. The molecule has 0 amide bonds. The highest BCUT2D eigenvalue weighted by Crippen LogP contribution is 2.57. The molecule has 1 aliphatic heterocycles. The average Bonchev–Trinajstić information content (AvgIpc) is 2.88. The first-order chi connectivity index (χ1) is 11.5. The Hall–Kier alpha value is -1.73. The summed E-state index contributed by atoms with van der Waals surface area (Å²) in [6, 6.07) is 12.3. The lowest BCUT2D eigenvalue weighted by atomic mass is 9.80. The summed E-state index contributed by atoms with van der Waals surface area (Å²) in [5, 5.41) is 0. The second-order valence-electron chi connectivity index (χ2n) is 8.66. The highest BCUT2D eigenvalue weighted by atomic mass is 31.2. The fraction of sp³-hybridized carbons (Fsp3) is 0.429. The molecule has 3 nitrogen and oxygen atoms in total. The van der Waals surface area contributed by atoms with Crippen molar-refractivity contribution in [2.75, 3.05) is 0 Å². The molecule has 0 saturated carbocycles. The molecule has 0 radical (unpaired) electrons. The molecule has 2 aromatic rings. The molecular weight excluding hydrogens is 331 g/mol. The average molecular weight is 358 g/mol. The Morgan fingerprint density at radius 1 is 0.840 bits per heavy atom. The van der Waals surface area contributed by atoms with Crippen LogP contribution >= 0.6 is 8.60 Å². The Kier molecular flexibility index (Phi) is 4.49. The van der Waals surface area contributed by atoms with Gasteiger partial charge in [-0.1, -0.05) is 65.3 Å². The molecule has 1 aliphatic rings. The Labute approximate surface area is 152 Å². The molecule has 0 aromatic heterocycles.